The molecule has 2 fully saturated rings. The van der Waals surface area contributed by atoms with Crippen LogP contribution in [0.3, 0.4) is 0 Å². The molecule has 11 nitrogen and oxygen atoms in total. The molecule has 0 amide bonds. The number of alkyl halides is 3. The van der Waals surface area contributed by atoms with Gasteiger partial charge in [-0.3, -0.25) is 0 Å². The number of pyridine rings is 2. The van der Waals surface area contributed by atoms with E-state index < -0.39 is 27.5 Å². The first-order chi connectivity index (χ1) is 21.0. The van der Waals surface area contributed by atoms with Crippen LogP contribution in [0.25, 0.3) is 11.3 Å². The highest BCUT2D eigenvalue weighted by Crippen LogP contribution is 2.32. The summed E-state index contributed by atoms with van der Waals surface area (Å²) in [4.78, 5) is 9.20. The Morgan fingerprint density at radius 3 is 2.50 bits per heavy atom. The van der Waals surface area contributed by atoms with Gasteiger partial charge in [0.15, 0.2) is 0 Å². The minimum atomic E-state index is -5.35. The number of nitrogens with one attached hydrogen (secondary N) is 4. The van der Waals surface area contributed by atoms with E-state index in [1.807, 2.05) is 24.3 Å². The van der Waals surface area contributed by atoms with E-state index in [4.69, 9.17) is 26.1 Å². The van der Waals surface area contributed by atoms with Crippen molar-refractivity contribution in [3.05, 3.63) is 35.5 Å². The summed E-state index contributed by atoms with van der Waals surface area (Å²) in [6.07, 6.45) is 6.59. The van der Waals surface area contributed by atoms with Crippen molar-refractivity contribution in [2.45, 2.75) is 56.1 Å². The molecule has 4 N–H and O–H groups in total. The highest BCUT2D eigenvalue weighted by molar-refractivity contribution is 7.90. The van der Waals surface area contributed by atoms with Gasteiger partial charge >= 0.3 is 15.5 Å². The zero-order valence-electron chi connectivity index (χ0n) is 24.1. The Hall–Kier alpha value is -2.74. The summed E-state index contributed by atoms with van der Waals surface area (Å²) >= 11 is 6.51. The number of rotatable bonds is 14. The Labute approximate surface area is 260 Å². The molecule has 1 aliphatic carbocycles. The third-order valence-corrected chi connectivity index (χ3v) is 9.27. The molecule has 16 heteroatoms. The first-order valence-corrected chi connectivity index (χ1v) is 16.4. The van der Waals surface area contributed by atoms with Crippen molar-refractivity contribution in [1.82, 2.24) is 20.0 Å². The van der Waals surface area contributed by atoms with E-state index in [1.165, 1.54) is 4.72 Å². The maximum Gasteiger partial charge on any atom is 0.511 e. The predicted molar refractivity (Wildman–Crippen MR) is 161 cm³/mol. The smallest absolute Gasteiger partial charge is 0.381 e. The van der Waals surface area contributed by atoms with Crippen molar-refractivity contribution < 1.29 is 31.1 Å². The molecule has 3 heterocycles. The number of hydrogen-bond acceptors (Lipinski definition) is 10. The van der Waals surface area contributed by atoms with Gasteiger partial charge in [-0.1, -0.05) is 17.7 Å². The fourth-order valence-corrected chi connectivity index (χ4v) is 5.88. The van der Waals surface area contributed by atoms with Crippen LogP contribution < -0.4 is 20.7 Å². The molecule has 2 aromatic rings. The predicted octanol–water partition coefficient (Wildman–Crippen LogP) is 4.30. The Kier molecular flexibility index (Phi) is 12.0. The summed E-state index contributed by atoms with van der Waals surface area (Å²) in [5.41, 5.74) is -4.37. The number of aromatic nitrogens is 2. The molecule has 1 aliphatic heterocycles. The number of hydrogen-bond donors (Lipinski definition) is 4. The molecule has 0 atom stereocenters. The van der Waals surface area contributed by atoms with Gasteiger partial charge in [0.05, 0.1) is 35.4 Å². The summed E-state index contributed by atoms with van der Waals surface area (Å²) < 4.78 is 70.9. The van der Waals surface area contributed by atoms with Crippen molar-refractivity contribution in [2.75, 3.05) is 56.7 Å². The molecular formula is C28H37ClF3N7O4S. The van der Waals surface area contributed by atoms with E-state index in [-0.39, 0.29) is 25.3 Å². The lowest BCUT2D eigenvalue weighted by atomic mass is 9.82. The largest absolute Gasteiger partial charge is 0.511 e. The van der Waals surface area contributed by atoms with Gasteiger partial charge in [-0.25, -0.2) is 23.1 Å². The van der Waals surface area contributed by atoms with E-state index in [2.05, 4.69) is 27.0 Å². The monoisotopic (exact) mass is 659 g/mol. The van der Waals surface area contributed by atoms with Crippen LogP contribution in [0.2, 0.25) is 5.02 Å². The Balaban J connectivity index is 1.20. The van der Waals surface area contributed by atoms with Crippen LogP contribution in [0.1, 0.15) is 38.5 Å². The molecule has 44 heavy (non-hydrogen) atoms. The topological polar surface area (TPSA) is 150 Å². The lowest BCUT2D eigenvalue weighted by Crippen LogP contribution is -2.39. The van der Waals surface area contributed by atoms with Gasteiger partial charge in [0, 0.05) is 56.7 Å². The number of halogens is 4. The van der Waals surface area contributed by atoms with Gasteiger partial charge in [0.2, 0.25) is 0 Å². The standard InChI is InChI=1S/C28H37ClF3N7O4S/c29-23-17-35-26(16-22(23)24-2-1-3-25(39-24)36-19-27(18-33)8-12-42-13-9-27)38-21-6-4-20(5-7-21)34-10-14-43-15-11-37-44(40,41)28(30,31)32/h1-3,16-17,20-21,34,37H,4-15,19H2,(H,35,38)(H,36,39)/t20-,21-. The van der Waals surface area contributed by atoms with E-state index in [1.54, 1.807) is 6.20 Å². The number of nitriles is 1. The second-order valence-corrected chi connectivity index (χ2v) is 13.1. The Morgan fingerprint density at radius 1 is 1.09 bits per heavy atom. The highest BCUT2D eigenvalue weighted by Gasteiger charge is 2.45. The van der Waals surface area contributed by atoms with E-state index in [0.29, 0.717) is 61.5 Å². The number of anilines is 2. The van der Waals surface area contributed by atoms with Crippen LogP contribution >= 0.6 is 11.6 Å². The van der Waals surface area contributed by atoms with Crippen LogP contribution in [0.15, 0.2) is 30.5 Å². The molecular weight excluding hydrogens is 623 g/mol. The van der Waals surface area contributed by atoms with Crippen molar-refractivity contribution in [1.29, 1.82) is 5.26 Å². The first-order valence-electron chi connectivity index (χ1n) is 14.5. The SMILES string of the molecule is N#CC1(CNc2cccc(-c3cc(N[C@H]4CC[C@H](NCCOCCNS(=O)(=O)C(F)(F)F)CC4)ncc3Cl)n2)CCOCC1. The average Bonchev–Trinajstić information content (AvgIpc) is 3.01. The summed E-state index contributed by atoms with van der Waals surface area (Å²) in [5.74, 6) is 1.36. The second-order valence-electron chi connectivity index (χ2n) is 10.9. The summed E-state index contributed by atoms with van der Waals surface area (Å²) in [6, 6.07) is 10.5. The molecule has 1 saturated carbocycles. The van der Waals surface area contributed by atoms with Gasteiger partial charge in [0.1, 0.15) is 11.6 Å². The molecule has 1 saturated heterocycles. The zero-order chi connectivity index (χ0) is 31.6. The average molecular weight is 660 g/mol. The van der Waals surface area contributed by atoms with E-state index in [9.17, 15) is 26.9 Å². The normalized spacial score (nSPS) is 20.5. The highest BCUT2D eigenvalue weighted by atomic mass is 35.5. The zero-order valence-corrected chi connectivity index (χ0v) is 25.7. The van der Waals surface area contributed by atoms with Gasteiger partial charge in [-0.05, 0) is 56.7 Å². The molecule has 4 rings (SSSR count). The Bertz CT molecular complexity index is 1380. The van der Waals surface area contributed by atoms with Crippen LogP contribution in [0.4, 0.5) is 24.8 Å². The van der Waals surface area contributed by atoms with Crippen LogP contribution in [-0.2, 0) is 19.5 Å². The van der Waals surface area contributed by atoms with Crippen molar-refractivity contribution >= 4 is 33.3 Å². The minimum absolute atomic E-state index is 0.155. The lowest BCUT2D eigenvalue weighted by Gasteiger charge is -2.30. The fraction of sp³-hybridized carbons (Fsp3) is 0.607. The van der Waals surface area contributed by atoms with Crippen LogP contribution in [-0.4, -0.2) is 82.0 Å². The molecule has 0 aromatic carbocycles. The van der Waals surface area contributed by atoms with E-state index in [0.717, 1.165) is 31.2 Å². The maximum absolute atomic E-state index is 12.3. The van der Waals surface area contributed by atoms with Gasteiger partial charge in [0.25, 0.3) is 0 Å². The molecule has 0 spiro atoms. The molecule has 0 unspecified atom stereocenters. The second kappa shape index (κ2) is 15.5. The Morgan fingerprint density at radius 2 is 1.80 bits per heavy atom. The lowest BCUT2D eigenvalue weighted by molar-refractivity contribution is -0.0449. The van der Waals surface area contributed by atoms with Gasteiger partial charge < -0.3 is 25.4 Å². The third-order valence-electron chi connectivity index (χ3n) is 7.78. The van der Waals surface area contributed by atoms with E-state index >= 15 is 0 Å². The summed E-state index contributed by atoms with van der Waals surface area (Å²) in [6.45, 7) is 1.79. The number of sulfonamides is 1. The summed E-state index contributed by atoms with van der Waals surface area (Å²) in [7, 11) is -5.35. The van der Waals surface area contributed by atoms with Gasteiger partial charge in [-0.15, -0.1) is 0 Å². The summed E-state index contributed by atoms with van der Waals surface area (Å²) in [5, 5.41) is 20.4. The molecule has 242 valence electrons. The third kappa shape index (κ3) is 9.63. The number of nitrogens with zero attached hydrogens (tertiary/aromatic N) is 3. The minimum Gasteiger partial charge on any atom is -0.381 e. The molecule has 0 bridgehead atoms. The quantitative estimate of drug-likeness (QED) is 0.216. The number of ether oxygens (including phenoxy) is 2. The molecule has 2 aliphatic rings. The van der Waals surface area contributed by atoms with Crippen molar-refractivity contribution in [2.24, 2.45) is 5.41 Å². The van der Waals surface area contributed by atoms with Crippen LogP contribution in [0.5, 0.6) is 0 Å². The van der Waals surface area contributed by atoms with Crippen molar-refractivity contribution in [3.63, 3.8) is 0 Å². The maximum atomic E-state index is 12.3. The molecule has 0 radical (unpaired) electrons. The molecule has 2 aromatic heterocycles. The van der Waals surface area contributed by atoms with Gasteiger partial charge in [-0.2, -0.15) is 18.4 Å². The fourth-order valence-electron chi connectivity index (χ4n) is 5.17. The van der Waals surface area contributed by atoms with Crippen molar-refractivity contribution in [3.8, 4) is 17.3 Å². The first kappa shape index (κ1) is 34.1. The van der Waals surface area contributed by atoms with Crippen LogP contribution in [0, 0.1) is 16.7 Å².